The second-order valence-electron chi connectivity index (χ2n) is 4.40. The number of nitrogens with one attached hydrogen (secondary N) is 1. The molecule has 3 N–H and O–H groups in total. The predicted molar refractivity (Wildman–Crippen MR) is 73.5 cm³/mol. The molecule has 0 aliphatic heterocycles. The van der Waals surface area contributed by atoms with Gasteiger partial charge in [-0.25, -0.2) is 4.98 Å². The first-order valence-electron chi connectivity index (χ1n) is 6.01. The molecule has 2 heterocycles. The maximum absolute atomic E-state index is 12.0. The van der Waals surface area contributed by atoms with E-state index in [2.05, 4.69) is 15.3 Å². The number of nitrogens with zero attached hydrogens (tertiary/aromatic N) is 2. The summed E-state index contributed by atoms with van der Waals surface area (Å²) in [6.45, 7) is 3.84. The molecule has 1 unspecified atom stereocenters. The first-order chi connectivity index (χ1) is 9.06. The lowest BCUT2D eigenvalue weighted by molar-refractivity contribution is 0.0939. The molecule has 19 heavy (non-hydrogen) atoms. The lowest BCUT2D eigenvalue weighted by Crippen LogP contribution is -2.26. The van der Waals surface area contributed by atoms with Crippen molar-refractivity contribution in [3.05, 3.63) is 53.5 Å². The third-order valence-corrected chi connectivity index (χ3v) is 2.83. The number of aryl methyl sites for hydroxylation is 1. The normalized spacial score (nSPS) is 11.9. The molecule has 0 bridgehead atoms. The van der Waals surface area contributed by atoms with Crippen LogP contribution in [0.5, 0.6) is 0 Å². The van der Waals surface area contributed by atoms with Crippen LogP contribution < -0.4 is 11.1 Å². The summed E-state index contributed by atoms with van der Waals surface area (Å²) in [4.78, 5) is 20.1. The van der Waals surface area contributed by atoms with Crippen LogP contribution in [0.1, 0.15) is 34.6 Å². The Kier molecular flexibility index (Phi) is 3.75. The third kappa shape index (κ3) is 3.28. The van der Waals surface area contributed by atoms with Gasteiger partial charge < -0.3 is 11.1 Å². The van der Waals surface area contributed by atoms with E-state index in [-0.39, 0.29) is 11.9 Å². The summed E-state index contributed by atoms with van der Waals surface area (Å²) >= 11 is 0. The van der Waals surface area contributed by atoms with E-state index in [9.17, 15) is 4.79 Å². The van der Waals surface area contributed by atoms with Gasteiger partial charge in [-0.15, -0.1) is 0 Å². The first-order valence-corrected chi connectivity index (χ1v) is 6.01. The van der Waals surface area contributed by atoms with Crippen molar-refractivity contribution in [1.82, 2.24) is 15.3 Å². The smallest absolute Gasteiger partial charge is 0.253 e. The summed E-state index contributed by atoms with van der Waals surface area (Å²) in [5.41, 5.74) is 7.88. The summed E-state index contributed by atoms with van der Waals surface area (Å²) < 4.78 is 0. The highest BCUT2D eigenvalue weighted by molar-refractivity contribution is 5.94. The largest absolute Gasteiger partial charge is 0.384 e. The van der Waals surface area contributed by atoms with Crippen molar-refractivity contribution in [1.29, 1.82) is 0 Å². The number of carbonyl (C=O) groups excluding carboxylic acids is 1. The zero-order valence-corrected chi connectivity index (χ0v) is 10.9. The number of rotatable bonds is 3. The van der Waals surface area contributed by atoms with Crippen LogP contribution in [0.2, 0.25) is 0 Å². The average Bonchev–Trinajstić information content (AvgIpc) is 2.40. The molecule has 0 saturated carbocycles. The Morgan fingerprint density at radius 2 is 2.00 bits per heavy atom. The first kappa shape index (κ1) is 13.0. The number of hydrogen-bond acceptors (Lipinski definition) is 4. The Hall–Kier alpha value is -2.43. The summed E-state index contributed by atoms with van der Waals surface area (Å²) in [6.07, 6.45) is 3.23. The fourth-order valence-electron chi connectivity index (χ4n) is 1.64. The fourth-order valence-corrected chi connectivity index (χ4v) is 1.64. The van der Waals surface area contributed by atoms with Gasteiger partial charge in [-0.1, -0.05) is 6.07 Å². The number of carbonyl (C=O) groups is 1. The van der Waals surface area contributed by atoms with Crippen LogP contribution in [-0.2, 0) is 0 Å². The van der Waals surface area contributed by atoms with E-state index >= 15 is 0 Å². The van der Waals surface area contributed by atoms with Gasteiger partial charge in [0.15, 0.2) is 0 Å². The minimum atomic E-state index is -0.180. The molecule has 1 amide bonds. The number of nitrogen functional groups attached to an aromatic ring is 1. The monoisotopic (exact) mass is 256 g/mol. The molecule has 98 valence electrons. The second kappa shape index (κ2) is 5.48. The molecule has 0 aliphatic rings. The molecule has 1 atom stereocenters. The third-order valence-electron chi connectivity index (χ3n) is 2.83. The van der Waals surface area contributed by atoms with E-state index in [1.807, 2.05) is 26.0 Å². The molecular formula is C14H16N4O. The quantitative estimate of drug-likeness (QED) is 0.878. The van der Waals surface area contributed by atoms with Crippen molar-refractivity contribution in [2.45, 2.75) is 19.9 Å². The Balaban J connectivity index is 2.06. The molecule has 0 aromatic carbocycles. The van der Waals surface area contributed by atoms with E-state index in [0.29, 0.717) is 11.4 Å². The molecule has 5 nitrogen and oxygen atoms in total. The van der Waals surface area contributed by atoms with Crippen LogP contribution in [0.15, 0.2) is 36.7 Å². The molecule has 0 saturated heterocycles. The molecule has 0 spiro atoms. The van der Waals surface area contributed by atoms with Gasteiger partial charge in [0, 0.05) is 18.1 Å². The van der Waals surface area contributed by atoms with Gasteiger partial charge in [-0.3, -0.25) is 9.78 Å². The zero-order chi connectivity index (χ0) is 13.8. The molecule has 0 radical (unpaired) electrons. The van der Waals surface area contributed by atoms with E-state index in [4.69, 9.17) is 5.73 Å². The number of anilines is 1. The second-order valence-corrected chi connectivity index (χ2v) is 4.40. The molecule has 0 aliphatic carbocycles. The Morgan fingerprint density at radius 3 is 2.58 bits per heavy atom. The Morgan fingerprint density at radius 1 is 1.21 bits per heavy atom. The van der Waals surface area contributed by atoms with Gasteiger partial charge in [-0.2, -0.15) is 0 Å². The number of amides is 1. The van der Waals surface area contributed by atoms with Gasteiger partial charge in [0.2, 0.25) is 0 Å². The summed E-state index contributed by atoms with van der Waals surface area (Å²) in [7, 11) is 0. The van der Waals surface area contributed by atoms with Crippen LogP contribution in [0.4, 0.5) is 5.82 Å². The molecular weight excluding hydrogens is 240 g/mol. The number of pyridine rings is 2. The topological polar surface area (TPSA) is 80.9 Å². The standard InChI is InChI=1S/C14H16N4O/c1-9-3-4-11(7-16-9)10(2)18-14(19)12-5-6-13(15)17-8-12/h3-8,10H,1-2H3,(H2,15,17)(H,18,19). The van der Waals surface area contributed by atoms with Crippen molar-refractivity contribution in [3.8, 4) is 0 Å². The summed E-state index contributed by atoms with van der Waals surface area (Å²) in [5, 5.41) is 2.89. The Bertz CT molecular complexity index is 563. The lowest BCUT2D eigenvalue weighted by Gasteiger charge is -2.14. The van der Waals surface area contributed by atoms with Crippen LogP contribution in [0.3, 0.4) is 0 Å². The van der Waals surface area contributed by atoms with Crippen LogP contribution in [0, 0.1) is 6.92 Å². The summed E-state index contributed by atoms with van der Waals surface area (Å²) in [6, 6.07) is 7.01. The summed E-state index contributed by atoms with van der Waals surface area (Å²) in [5.74, 6) is 0.216. The number of nitrogens with two attached hydrogens (primary N) is 1. The molecule has 5 heteroatoms. The van der Waals surface area contributed by atoms with Crippen LogP contribution in [0.25, 0.3) is 0 Å². The molecule has 2 rings (SSSR count). The number of hydrogen-bond donors (Lipinski definition) is 2. The number of aromatic nitrogens is 2. The van der Waals surface area contributed by atoms with Gasteiger partial charge in [0.05, 0.1) is 11.6 Å². The highest BCUT2D eigenvalue weighted by Gasteiger charge is 2.11. The predicted octanol–water partition coefficient (Wildman–Crippen LogP) is 1.86. The van der Waals surface area contributed by atoms with Crippen molar-refractivity contribution >= 4 is 11.7 Å². The lowest BCUT2D eigenvalue weighted by atomic mass is 10.1. The highest BCUT2D eigenvalue weighted by Crippen LogP contribution is 2.12. The van der Waals surface area contributed by atoms with Crippen LogP contribution in [-0.4, -0.2) is 15.9 Å². The van der Waals surface area contributed by atoms with Crippen molar-refractivity contribution < 1.29 is 4.79 Å². The highest BCUT2D eigenvalue weighted by atomic mass is 16.1. The van der Waals surface area contributed by atoms with Crippen molar-refractivity contribution in [2.75, 3.05) is 5.73 Å². The molecule has 2 aromatic heterocycles. The minimum absolute atomic E-state index is 0.113. The van der Waals surface area contributed by atoms with E-state index < -0.39 is 0 Å². The SMILES string of the molecule is Cc1ccc(C(C)NC(=O)c2ccc(N)nc2)cn1. The van der Waals surface area contributed by atoms with Gasteiger partial charge in [0.1, 0.15) is 5.82 Å². The van der Waals surface area contributed by atoms with E-state index in [1.54, 1.807) is 18.3 Å². The van der Waals surface area contributed by atoms with Crippen LogP contribution >= 0.6 is 0 Å². The average molecular weight is 256 g/mol. The Labute approximate surface area is 111 Å². The zero-order valence-electron chi connectivity index (χ0n) is 10.9. The fraction of sp³-hybridized carbons (Fsp3) is 0.214. The van der Waals surface area contributed by atoms with Gasteiger partial charge in [-0.05, 0) is 37.6 Å². The van der Waals surface area contributed by atoms with E-state index in [0.717, 1.165) is 11.3 Å². The van der Waals surface area contributed by atoms with Crippen molar-refractivity contribution in [2.24, 2.45) is 0 Å². The molecule has 2 aromatic rings. The van der Waals surface area contributed by atoms with E-state index in [1.165, 1.54) is 6.20 Å². The molecule has 0 fully saturated rings. The van der Waals surface area contributed by atoms with Gasteiger partial charge in [0.25, 0.3) is 5.91 Å². The maximum Gasteiger partial charge on any atom is 0.253 e. The van der Waals surface area contributed by atoms with Gasteiger partial charge >= 0.3 is 0 Å². The maximum atomic E-state index is 12.0. The minimum Gasteiger partial charge on any atom is -0.384 e. The van der Waals surface area contributed by atoms with Crippen molar-refractivity contribution in [3.63, 3.8) is 0 Å².